The summed E-state index contributed by atoms with van der Waals surface area (Å²) >= 11 is 6.04. The SMILES string of the molecule is Cc1nnc2n1C[C@@H](NC(=O)[C@@H]1COc3ccc(Cl)cc3C1)CC2. The Morgan fingerprint density at radius 2 is 2.29 bits per heavy atom. The van der Waals surface area contributed by atoms with Crippen LogP contribution in [0.15, 0.2) is 18.2 Å². The Labute approximate surface area is 145 Å². The first-order chi connectivity index (χ1) is 11.6. The Morgan fingerprint density at radius 1 is 1.42 bits per heavy atom. The molecule has 1 aromatic carbocycles. The molecule has 2 aliphatic heterocycles. The van der Waals surface area contributed by atoms with Gasteiger partial charge in [0.05, 0.1) is 5.92 Å². The van der Waals surface area contributed by atoms with E-state index in [4.69, 9.17) is 16.3 Å². The predicted octanol–water partition coefficient (Wildman–Crippen LogP) is 1.92. The van der Waals surface area contributed by atoms with E-state index in [0.29, 0.717) is 18.1 Å². The van der Waals surface area contributed by atoms with E-state index in [9.17, 15) is 4.79 Å². The Hall–Kier alpha value is -2.08. The van der Waals surface area contributed by atoms with Crippen LogP contribution in [0.25, 0.3) is 0 Å². The van der Waals surface area contributed by atoms with Crippen LogP contribution in [0.4, 0.5) is 0 Å². The normalized spacial score (nSPS) is 22.2. The highest BCUT2D eigenvalue weighted by Crippen LogP contribution is 2.30. The number of rotatable bonds is 2. The number of carbonyl (C=O) groups excluding carboxylic acids is 1. The van der Waals surface area contributed by atoms with Gasteiger partial charge in [-0.2, -0.15) is 0 Å². The average Bonchev–Trinajstić information content (AvgIpc) is 2.95. The fourth-order valence-corrected chi connectivity index (χ4v) is 3.63. The molecular weight excluding hydrogens is 328 g/mol. The van der Waals surface area contributed by atoms with Crippen LogP contribution in [-0.2, 0) is 24.2 Å². The Bertz CT molecular complexity index is 789. The van der Waals surface area contributed by atoms with Gasteiger partial charge in [-0.3, -0.25) is 4.79 Å². The Kier molecular flexibility index (Phi) is 3.92. The quantitative estimate of drug-likeness (QED) is 0.902. The van der Waals surface area contributed by atoms with Gasteiger partial charge in [0.15, 0.2) is 0 Å². The van der Waals surface area contributed by atoms with Crippen molar-refractivity contribution in [2.45, 2.75) is 38.8 Å². The number of hydrogen-bond donors (Lipinski definition) is 1. The minimum atomic E-state index is -0.181. The first-order valence-corrected chi connectivity index (χ1v) is 8.58. The van der Waals surface area contributed by atoms with Crippen molar-refractivity contribution in [3.05, 3.63) is 40.4 Å². The molecule has 0 saturated heterocycles. The molecule has 3 heterocycles. The highest BCUT2D eigenvalue weighted by molar-refractivity contribution is 6.30. The van der Waals surface area contributed by atoms with E-state index in [1.165, 1.54) is 0 Å². The lowest BCUT2D eigenvalue weighted by molar-refractivity contribution is -0.127. The summed E-state index contributed by atoms with van der Waals surface area (Å²) in [5.41, 5.74) is 0.995. The molecule has 1 amide bonds. The number of aryl methyl sites for hydroxylation is 2. The largest absolute Gasteiger partial charge is 0.492 e. The topological polar surface area (TPSA) is 69.0 Å². The molecule has 4 rings (SSSR count). The number of nitrogens with zero attached hydrogens (tertiary/aromatic N) is 3. The van der Waals surface area contributed by atoms with E-state index in [-0.39, 0.29) is 17.9 Å². The summed E-state index contributed by atoms with van der Waals surface area (Å²) < 4.78 is 7.80. The highest BCUT2D eigenvalue weighted by Gasteiger charge is 2.29. The van der Waals surface area contributed by atoms with E-state index in [2.05, 4.69) is 20.1 Å². The molecule has 2 aromatic rings. The molecule has 7 heteroatoms. The van der Waals surface area contributed by atoms with E-state index in [0.717, 1.165) is 42.3 Å². The molecule has 0 fully saturated rings. The fraction of sp³-hybridized carbons (Fsp3) is 0.471. The van der Waals surface area contributed by atoms with Crippen LogP contribution >= 0.6 is 11.6 Å². The molecule has 24 heavy (non-hydrogen) atoms. The number of nitrogens with one attached hydrogen (secondary N) is 1. The van der Waals surface area contributed by atoms with E-state index >= 15 is 0 Å². The maximum absolute atomic E-state index is 12.6. The van der Waals surface area contributed by atoms with Crippen LogP contribution in [0.5, 0.6) is 5.75 Å². The van der Waals surface area contributed by atoms with Crippen LogP contribution in [0.3, 0.4) is 0 Å². The first kappa shape index (κ1) is 15.4. The average molecular weight is 347 g/mol. The lowest BCUT2D eigenvalue weighted by Gasteiger charge is -2.29. The Balaban J connectivity index is 1.41. The molecule has 0 saturated carbocycles. The maximum Gasteiger partial charge on any atom is 0.227 e. The molecule has 0 spiro atoms. The predicted molar refractivity (Wildman–Crippen MR) is 89.2 cm³/mol. The van der Waals surface area contributed by atoms with Crippen molar-refractivity contribution in [2.75, 3.05) is 6.61 Å². The third-order valence-corrected chi connectivity index (χ3v) is 5.01. The third kappa shape index (κ3) is 2.86. The third-order valence-electron chi connectivity index (χ3n) is 4.78. The van der Waals surface area contributed by atoms with Crippen molar-refractivity contribution in [3.63, 3.8) is 0 Å². The molecule has 0 unspecified atom stereocenters. The number of aromatic nitrogens is 3. The summed E-state index contributed by atoms with van der Waals surface area (Å²) in [6.45, 7) is 3.08. The van der Waals surface area contributed by atoms with Crippen molar-refractivity contribution in [1.29, 1.82) is 0 Å². The maximum atomic E-state index is 12.6. The highest BCUT2D eigenvalue weighted by atomic mass is 35.5. The minimum absolute atomic E-state index is 0.0415. The summed E-state index contributed by atoms with van der Waals surface area (Å²) in [6.07, 6.45) is 2.39. The van der Waals surface area contributed by atoms with E-state index < -0.39 is 0 Å². The van der Waals surface area contributed by atoms with Gasteiger partial charge in [0.25, 0.3) is 0 Å². The van der Waals surface area contributed by atoms with Crippen molar-refractivity contribution in [3.8, 4) is 5.75 Å². The van der Waals surface area contributed by atoms with Crippen LogP contribution in [0, 0.1) is 12.8 Å². The minimum Gasteiger partial charge on any atom is -0.492 e. The van der Waals surface area contributed by atoms with Gasteiger partial charge in [-0.15, -0.1) is 10.2 Å². The number of amides is 1. The monoisotopic (exact) mass is 346 g/mol. The second kappa shape index (κ2) is 6.09. The summed E-state index contributed by atoms with van der Waals surface area (Å²) in [6, 6.07) is 5.66. The molecule has 2 aliphatic rings. The van der Waals surface area contributed by atoms with Crippen LogP contribution < -0.4 is 10.1 Å². The van der Waals surface area contributed by atoms with E-state index in [1.54, 1.807) is 0 Å². The molecule has 1 N–H and O–H groups in total. The van der Waals surface area contributed by atoms with Gasteiger partial charge in [-0.25, -0.2) is 0 Å². The molecule has 0 bridgehead atoms. The number of halogens is 1. The van der Waals surface area contributed by atoms with Crippen molar-refractivity contribution < 1.29 is 9.53 Å². The van der Waals surface area contributed by atoms with Crippen LogP contribution in [0.2, 0.25) is 5.02 Å². The number of hydrogen-bond acceptors (Lipinski definition) is 4. The van der Waals surface area contributed by atoms with Gasteiger partial charge in [0, 0.05) is 24.0 Å². The summed E-state index contributed by atoms with van der Waals surface area (Å²) in [5.74, 6) is 2.58. The van der Waals surface area contributed by atoms with Crippen LogP contribution in [0.1, 0.15) is 23.6 Å². The fourth-order valence-electron chi connectivity index (χ4n) is 3.43. The van der Waals surface area contributed by atoms with Gasteiger partial charge >= 0.3 is 0 Å². The van der Waals surface area contributed by atoms with Crippen molar-refractivity contribution in [2.24, 2.45) is 5.92 Å². The zero-order valence-corrected chi connectivity index (χ0v) is 14.2. The zero-order chi connectivity index (χ0) is 16.7. The second-order valence-electron chi connectivity index (χ2n) is 6.48. The van der Waals surface area contributed by atoms with Gasteiger partial charge in [-0.1, -0.05) is 11.6 Å². The number of benzene rings is 1. The van der Waals surface area contributed by atoms with Gasteiger partial charge in [-0.05, 0) is 43.5 Å². The lowest BCUT2D eigenvalue weighted by Crippen LogP contribution is -2.46. The molecule has 2 atom stereocenters. The van der Waals surface area contributed by atoms with Crippen molar-refractivity contribution >= 4 is 17.5 Å². The molecule has 1 aromatic heterocycles. The molecule has 0 radical (unpaired) electrons. The van der Waals surface area contributed by atoms with Gasteiger partial charge in [0.1, 0.15) is 24.0 Å². The summed E-state index contributed by atoms with van der Waals surface area (Å²) in [4.78, 5) is 12.6. The van der Waals surface area contributed by atoms with Crippen LogP contribution in [-0.4, -0.2) is 33.3 Å². The number of ether oxygens (including phenoxy) is 1. The molecular formula is C17H19ClN4O2. The number of fused-ring (bicyclic) bond motifs is 2. The second-order valence-corrected chi connectivity index (χ2v) is 6.92. The van der Waals surface area contributed by atoms with Gasteiger partial charge < -0.3 is 14.6 Å². The zero-order valence-electron chi connectivity index (χ0n) is 13.5. The first-order valence-electron chi connectivity index (χ1n) is 8.20. The molecule has 0 aliphatic carbocycles. The lowest BCUT2D eigenvalue weighted by atomic mass is 9.95. The number of carbonyl (C=O) groups is 1. The standard InChI is InChI=1S/C17H19ClN4O2/c1-10-20-21-16-5-3-14(8-22(10)16)19-17(23)12-6-11-7-13(18)2-4-15(11)24-9-12/h2,4,7,12,14H,3,5-6,8-9H2,1H3,(H,19,23)/t12-,14-/m0/s1. The molecule has 6 nitrogen and oxygen atoms in total. The smallest absolute Gasteiger partial charge is 0.227 e. The Morgan fingerprint density at radius 3 is 3.17 bits per heavy atom. The van der Waals surface area contributed by atoms with E-state index in [1.807, 2.05) is 25.1 Å². The molecule has 126 valence electrons. The van der Waals surface area contributed by atoms with Gasteiger partial charge in [0.2, 0.25) is 5.91 Å². The summed E-state index contributed by atoms with van der Waals surface area (Å²) in [7, 11) is 0. The van der Waals surface area contributed by atoms with Crippen molar-refractivity contribution in [1.82, 2.24) is 20.1 Å². The summed E-state index contributed by atoms with van der Waals surface area (Å²) in [5, 5.41) is 12.1.